The van der Waals surface area contributed by atoms with E-state index in [1.165, 1.54) is 11.8 Å². The Balaban J connectivity index is 1.33. The fourth-order valence-corrected chi connectivity index (χ4v) is 5.66. The summed E-state index contributed by atoms with van der Waals surface area (Å²) in [6.45, 7) is 7.14. The molecule has 0 saturated carbocycles. The molecule has 0 unspecified atom stereocenters. The lowest BCUT2D eigenvalue weighted by Crippen LogP contribution is -2.46. The number of para-hydroxylation sites is 2. The fraction of sp³-hybridized carbons (Fsp3) is 0.444. The van der Waals surface area contributed by atoms with E-state index in [9.17, 15) is 14.4 Å². The first kappa shape index (κ1) is 25.3. The Morgan fingerprint density at radius 2 is 1.66 bits per heavy atom. The highest BCUT2D eigenvalue weighted by molar-refractivity contribution is 8.00. The predicted molar refractivity (Wildman–Crippen MR) is 141 cm³/mol. The molecule has 8 heteroatoms. The van der Waals surface area contributed by atoms with Gasteiger partial charge in [-0.15, -0.1) is 11.8 Å². The van der Waals surface area contributed by atoms with Gasteiger partial charge in [0.15, 0.2) is 0 Å². The summed E-state index contributed by atoms with van der Waals surface area (Å²) < 4.78 is 0. The minimum atomic E-state index is -0.0455. The quantitative estimate of drug-likeness (QED) is 0.639. The summed E-state index contributed by atoms with van der Waals surface area (Å²) in [6.07, 6.45) is 2.53. The average Bonchev–Trinajstić information content (AvgIpc) is 3.11. The van der Waals surface area contributed by atoms with Gasteiger partial charge in [0, 0.05) is 36.8 Å². The summed E-state index contributed by atoms with van der Waals surface area (Å²) >= 11 is 1.52. The molecule has 1 fully saturated rings. The number of rotatable bonds is 7. The Morgan fingerprint density at radius 3 is 2.40 bits per heavy atom. The lowest BCUT2D eigenvalue weighted by atomic mass is 10.0. The van der Waals surface area contributed by atoms with E-state index in [0.29, 0.717) is 31.9 Å². The molecule has 186 valence electrons. The smallest absolute Gasteiger partial charge is 0.242 e. The maximum atomic E-state index is 13.1. The van der Waals surface area contributed by atoms with Gasteiger partial charge in [0.1, 0.15) is 6.54 Å². The van der Waals surface area contributed by atoms with Crippen molar-refractivity contribution in [2.75, 3.05) is 55.2 Å². The van der Waals surface area contributed by atoms with Crippen molar-refractivity contribution in [1.29, 1.82) is 0 Å². The van der Waals surface area contributed by atoms with E-state index in [2.05, 4.69) is 36.2 Å². The zero-order valence-electron chi connectivity index (χ0n) is 20.6. The number of aryl methyl sites for hydroxylation is 2. The number of anilines is 2. The van der Waals surface area contributed by atoms with E-state index >= 15 is 0 Å². The molecule has 1 saturated heterocycles. The highest BCUT2D eigenvalue weighted by atomic mass is 32.2. The van der Waals surface area contributed by atoms with E-state index in [0.717, 1.165) is 53.2 Å². The minimum Gasteiger partial charge on any atom is -0.340 e. The first-order chi connectivity index (χ1) is 17.0. The highest BCUT2D eigenvalue weighted by Gasteiger charge is 2.29. The van der Waals surface area contributed by atoms with E-state index in [1.807, 2.05) is 35.2 Å². The van der Waals surface area contributed by atoms with Gasteiger partial charge in [-0.05, 0) is 42.5 Å². The predicted octanol–water partition coefficient (Wildman–Crippen LogP) is 3.42. The molecule has 0 aliphatic carbocycles. The van der Waals surface area contributed by atoms with Crippen LogP contribution in [-0.4, -0.2) is 72.5 Å². The summed E-state index contributed by atoms with van der Waals surface area (Å²) in [5.74, 6) is 0.256. The number of hydrogen-bond donors (Lipinski definition) is 1. The largest absolute Gasteiger partial charge is 0.340 e. The zero-order chi connectivity index (χ0) is 24.8. The molecule has 2 aromatic carbocycles. The van der Waals surface area contributed by atoms with Crippen LogP contribution >= 0.6 is 11.8 Å². The number of amides is 3. The molecule has 3 amide bonds. The Kier molecular flexibility index (Phi) is 8.46. The van der Waals surface area contributed by atoms with Gasteiger partial charge in [0.2, 0.25) is 17.7 Å². The topological polar surface area (TPSA) is 73.0 Å². The van der Waals surface area contributed by atoms with Crippen molar-refractivity contribution in [1.82, 2.24) is 9.80 Å². The summed E-state index contributed by atoms with van der Waals surface area (Å²) in [7, 11) is 0. The number of fused-ring (bicyclic) bond motifs is 1. The standard InChI is InChI=1S/C27H34N4O3S/c1-3-20-9-7-10-21(4-2)27(20)28-24(32)17-29-13-8-14-30(16-15-29)25(33)18-31-22-11-5-6-12-23(22)35-19-26(31)34/h5-7,9-12H,3-4,8,13-19H2,1-2H3,(H,28,32). The third-order valence-electron chi connectivity index (χ3n) is 6.67. The maximum Gasteiger partial charge on any atom is 0.242 e. The second kappa shape index (κ2) is 11.7. The molecule has 35 heavy (non-hydrogen) atoms. The van der Waals surface area contributed by atoms with Crippen molar-refractivity contribution >= 4 is 40.9 Å². The zero-order valence-corrected chi connectivity index (χ0v) is 21.4. The van der Waals surface area contributed by atoms with E-state index in [1.54, 1.807) is 4.90 Å². The van der Waals surface area contributed by atoms with Crippen LogP contribution in [0.3, 0.4) is 0 Å². The third-order valence-corrected chi connectivity index (χ3v) is 7.72. The monoisotopic (exact) mass is 494 g/mol. The maximum absolute atomic E-state index is 13.1. The van der Waals surface area contributed by atoms with Gasteiger partial charge >= 0.3 is 0 Å². The van der Waals surface area contributed by atoms with Gasteiger partial charge in [-0.2, -0.15) is 0 Å². The molecule has 2 heterocycles. The number of hydrogen-bond acceptors (Lipinski definition) is 5. The lowest BCUT2D eigenvalue weighted by Gasteiger charge is -2.30. The Morgan fingerprint density at radius 1 is 0.914 bits per heavy atom. The molecular formula is C27H34N4O3S. The second-order valence-corrected chi connectivity index (χ2v) is 9.97. The van der Waals surface area contributed by atoms with Crippen molar-refractivity contribution in [3.05, 3.63) is 53.6 Å². The molecule has 2 aromatic rings. The normalized spacial score (nSPS) is 16.6. The van der Waals surface area contributed by atoms with Crippen LogP contribution in [0.2, 0.25) is 0 Å². The Labute approximate surface area is 211 Å². The molecule has 2 aliphatic rings. The van der Waals surface area contributed by atoms with Crippen LogP contribution in [0.25, 0.3) is 0 Å². The molecule has 0 bridgehead atoms. The number of nitrogens with zero attached hydrogens (tertiary/aromatic N) is 3. The third kappa shape index (κ3) is 6.05. The van der Waals surface area contributed by atoms with Crippen LogP contribution in [0.5, 0.6) is 0 Å². The molecule has 1 N–H and O–H groups in total. The number of thioether (sulfide) groups is 1. The molecule has 7 nitrogen and oxygen atoms in total. The van der Waals surface area contributed by atoms with Crippen LogP contribution in [0, 0.1) is 0 Å². The van der Waals surface area contributed by atoms with Gasteiger partial charge < -0.3 is 15.1 Å². The van der Waals surface area contributed by atoms with E-state index in [-0.39, 0.29) is 24.3 Å². The van der Waals surface area contributed by atoms with Crippen LogP contribution in [0.15, 0.2) is 47.4 Å². The number of nitrogens with one attached hydrogen (secondary N) is 1. The molecular weight excluding hydrogens is 460 g/mol. The Bertz CT molecular complexity index is 1070. The van der Waals surface area contributed by atoms with Crippen molar-refractivity contribution in [2.45, 2.75) is 38.0 Å². The number of carbonyl (C=O) groups excluding carboxylic acids is 3. The molecule has 0 atom stereocenters. The lowest BCUT2D eigenvalue weighted by molar-refractivity contribution is -0.131. The van der Waals surface area contributed by atoms with Gasteiger partial charge in [0.05, 0.1) is 18.0 Å². The number of carbonyl (C=O) groups is 3. The first-order valence-electron chi connectivity index (χ1n) is 12.4. The summed E-state index contributed by atoms with van der Waals surface area (Å²) in [6, 6.07) is 13.9. The van der Waals surface area contributed by atoms with Crippen molar-refractivity contribution < 1.29 is 14.4 Å². The van der Waals surface area contributed by atoms with Gasteiger partial charge in [-0.25, -0.2) is 0 Å². The van der Waals surface area contributed by atoms with Gasteiger partial charge in [-0.1, -0.05) is 44.2 Å². The van der Waals surface area contributed by atoms with Gasteiger partial charge in [-0.3, -0.25) is 19.3 Å². The van der Waals surface area contributed by atoms with Crippen molar-refractivity contribution in [3.8, 4) is 0 Å². The summed E-state index contributed by atoms with van der Waals surface area (Å²) in [5, 5.41) is 3.14. The SMILES string of the molecule is CCc1cccc(CC)c1NC(=O)CN1CCCN(C(=O)CN2C(=O)CSc3ccccc32)CC1. The molecule has 0 radical (unpaired) electrons. The average molecular weight is 495 g/mol. The van der Waals surface area contributed by atoms with Crippen LogP contribution in [0.4, 0.5) is 11.4 Å². The van der Waals surface area contributed by atoms with Crippen LogP contribution in [-0.2, 0) is 27.2 Å². The van der Waals surface area contributed by atoms with Crippen molar-refractivity contribution in [3.63, 3.8) is 0 Å². The summed E-state index contributed by atoms with van der Waals surface area (Å²) in [5.41, 5.74) is 4.06. The number of benzene rings is 2. The molecule has 0 spiro atoms. The van der Waals surface area contributed by atoms with E-state index in [4.69, 9.17) is 0 Å². The molecule has 4 rings (SSSR count). The van der Waals surface area contributed by atoms with E-state index < -0.39 is 0 Å². The van der Waals surface area contributed by atoms with Crippen molar-refractivity contribution in [2.24, 2.45) is 0 Å². The first-order valence-corrected chi connectivity index (χ1v) is 13.4. The molecule has 0 aromatic heterocycles. The second-order valence-electron chi connectivity index (χ2n) is 8.95. The molecule has 2 aliphatic heterocycles. The van der Waals surface area contributed by atoms with Crippen LogP contribution < -0.4 is 10.2 Å². The fourth-order valence-electron chi connectivity index (χ4n) is 4.73. The van der Waals surface area contributed by atoms with Gasteiger partial charge in [0.25, 0.3) is 0 Å². The summed E-state index contributed by atoms with van der Waals surface area (Å²) in [4.78, 5) is 45.1. The Hall–Kier alpha value is -2.84. The van der Waals surface area contributed by atoms with Crippen LogP contribution in [0.1, 0.15) is 31.4 Å². The minimum absolute atomic E-state index is 0.0200. The highest BCUT2D eigenvalue weighted by Crippen LogP contribution is 2.34.